The lowest BCUT2D eigenvalue weighted by atomic mass is 9.87. The van der Waals surface area contributed by atoms with Crippen molar-refractivity contribution in [1.82, 2.24) is 4.57 Å². The summed E-state index contributed by atoms with van der Waals surface area (Å²) in [5.41, 5.74) is 5.80. The van der Waals surface area contributed by atoms with Crippen molar-refractivity contribution in [1.29, 1.82) is 0 Å². The van der Waals surface area contributed by atoms with E-state index >= 15 is 0 Å². The fraction of sp³-hybridized carbons (Fsp3) is 0.182. The van der Waals surface area contributed by atoms with Gasteiger partial charge in [-0.2, -0.15) is 0 Å². The van der Waals surface area contributed by atoms with E-state index in [1.807, 2.05) is 6.07 Å². The maximum Gasteiger partial charge on any atom is 0.113 e. The monoisotopic (exact) mass is 387 g/mol. The van der Waals surface area contributed by atoms with Gasteiger partial charge in [-0.25, -0.2) is 0 Å². The molecule has 0 amide bonds. The molecule has 0 N–H and O–H groups in total. The summed E-state index contributed by atoms with van der Waals surface area (Å²) in [5.74, 6) is 0. The molecule has 2 radical (unpaired) electrons. The van der Waals surface area contributed by atoms with E-state index in [-0.39, 0.29) is 5.41 Å². The Bertz CT molecular complexity index is 1030. The lowest BCUT2D eigenvalue weighted by Gasteiger charge is -2.19. The molecule has 0 fully saturated rings. The first kappa shape index (κ1) is 16.5. The molecule has 25 heavy (non-hydrogen) atoms. The lowest BCUT2D eigenvalue weighted by molar-refractivity contribution is 0.590. The minimum absolute atomic E-state index is 0.151. The molecule has 1 nitrogen and oxygen atoms in total. The van der Waals surface area contributed by atoms with Crippen LogP contribution in [0.4, 0.5) is 0 Å². The Morgan fingerprint density at radius 3 is 2.04 bits per heavy atom. The number of rotatable bonds is 1. The van der Waals surface area contributed by atoms with Gasteiger partial charge in [-0.3, -0.25) is 0 Å². The fourth-order valence-corrected chi connectivity index (χ4v) is 3.76. The van der Waals surface area contributed by atoms with Crippen LogP contribution in [0.15, 0.2) is 65.1 Å². The highest BCUT2D eigenvalue weighted by molar-refractivity contribution is 9.10. The second kappa shape index (κ2) is 5.77. The van der Waals surface area contributed by atoms with Gasteiger partial charge in [-0.05, 0) is 47.4 Å². The van der Waals surface area contributed by atoms with Crippen LogP contribution in [0, 0.1) is 0 Å². The molecule has 0 spiro atoms. The number of hydrogen-bond donors (Lipinski definition) is 0. The Morgan fingerprint density at radius 2 is 1.40 bits per heavy atom. The summed E-state index contributed by atoms with van der Waals surface area (Å²) in [6.07, 6.45) is 0. The van der Waals surface area contributed by atoms with Crippen LogP contribution in [-0.4, -0.2) is 12.4 Å². The minimum Gasteiger partial charge on any atom is -0.309 e. The maximum absolute atomic E-state index is 6.05. The molecular formula is C22H19BBrN. The zero-order valence-electron chi connectivity index (χ0n) is 14.7. The Morgan fingerprint density at radius 1 is 0.800 bits per heavy atom. The molecule has 1 heterocycles. The molecule has 0 aliphatic heterocycles. The molecule has 0 atom stereocenters. The highest BCUT2D eigenvalue weighted by Crippen LogP contribution is 2.33. The molecule has 122 valence electrons. The quantitative estimate of drug-likeness (QED) is 0.372. The average molecular weight is 388 g/mol. The van der Waals surface area contributed by atoms with Crippen LogP contribution in [0.1, 0.15) is 26.3 Å². The van der Waals surface area contributed by atoms with E-state index < -0.39 is 0 Å². The van der Waals surface area contributed by atoms with Gasteiger partial charge in [0.2, 0.25) is 0 Å². The van der Waals surface area contributed by atoms with Crippen molar-refractivity contribution in [2.45, 2.75) is 26.2 Å². The summed E-state index contributed by atoms with van der Waals surface area (Å²) >= 11 is 3.59. The molecule has 3 heteroatoms. The van der Waals surface area contributed by atoms with Crippen molar-refractivity contribution in [3.05, 3.63) is 70.7 Å². The summed E-state index contributed by atoms with van der Waals surface area (Å²) in [5, 5.41) is 2.38. The van der Waals surface area contributed by atoms with E-state index in [9.17, 15) is 0 Å². The molecule has 0 aliphatic rings. The average Bonchev–Trinajstić information content (AvgIpc) is 2.87. The van der Waals surface area contributed by atoms with E-state index in [1.54, 1.807) is 0 Å². The van der Waals surface area contributed by atoms with Crippen LogP contribution in [0.2, 0.25) is 0 Å². The van der Waals surface area contributed by atoms with Crippen LogP contribution in [-0.2, 0) is 5.41 Å². The van der Waals surface area contributed by atoms with Crippen LogP contribution in [0.5, 0.6) is 0 Å². The SMILES string of the molecule is [B]c1ccc2c(c1)c1cc(Br)ccc1n2-c1ccc(C(C)(C)C)cc1. The Labute approximate surface area is 158 Å². The zero-order valence-corrected chi connectivity index (χ0v) is 16.3. The highest BCUT2D eigenvalue weighted by Gasteiger charge is 2.15. The standard InChI is InChI=1S/C22H19BBrN/c1-22(2,3)14-4-8-17(9-5-14)25-20-10-6-15(23)12-18(20)19-13-16(24)7-11-21(19)25/h4-13H,1-3H3. The van der Waals surface area contributed by atoms with E-state index in [4.69, 9.17) is 7.85 Å². The highest BCUT2D eigenvalue weighted by atomic mass is 79.9. The molecule has 3 aromatic carbocycles. The molecule has 0 unspecified atom stereocenters. The van der Waals surface area contributed by atoms with Crippen LogP contribution in [0.25, 0.3) is 27.5 Å². The number of aromatic nitrogens is 1. The molecule has 0 aliphatic carbocycles. The van der Waals surface area contributed by atoms with Gasteiger partial charge in [0, 0.05) is 20.9 Å². The third-order valence-electron chi connectivity index (χ3n) is 4.74. The summed E-state index contributed by atoms with van der Waals surface area (Å²) < 4.78 is 3.38. The van der Waals surface area contributed by atoms with Crippen molar-refractivity contribution in [3.8, 4) is 5.69 Å². The smallest absolute Gasteiger partial charge is 0.113 e. The first-order chi connectivity index (χ1) is 11.8. The van der Waals surface area contributed by atoms with Crippen LogP contribution < -0.4 is 5.46 Å². The zero-order chi connectivity index (χ0) is 17.8. The van der Waals surface area contributed by atoms with Crippen molar-refractivity contribution in [2.75, 3.05) is 0 Å². The van der Waals surface area contributed by atoms with Gasteiger partial charge in [-0.15, -0.1) is 0 Å². The van der Waals surface area contributed by atoms with Crippen molar-refractivity contribution in [3.63, 3.8) is 0 Å². The largest absolute Gasteiger partial charge is 0.309 e. The van der Waals surface area contributed by atoms with Gasteiger partial charge in [-0.1, -0.05) is 66.4 Å². The first-order valence-electron chi connectivity index (χ1n) is 8.45. The Hall–Kier alpha value is -2.00. The van der Waals surface area contributed by atoms with E-state index in [0.29, 0.717) is 0 Å². The Balaban J connectivity index is 2.03. The van der Waals surface area contributed by atoms with Crippen molar-refractivity contribution in [2.24, 2.45) is 0 Å². The molecule has 0 saturated heterocycles. The summed E-state index contributed by atoms with van der Waals surface area (Å²) in [7, 11) is 6.05. The van der Waals surface area contributed by atoms with Gasteiger partial charge < -0.3 is 4.57 Å². The Kier molecular flexibility index (Phi) is 3.80. The second-order valence-corrected chi connectivity index (χ2v) is 8.49. The normalized spacial score (nSPS) is 12.2. The van der Waals surface area contributed by atoms with E-state index in [2.05, 4.69) is 95.9 Å². The second-order valence-electron chi connectivity index (χ2n) is 7.57. The number of halogens is 1. The van der Waals surface area contributed by atoms with E-state index in [0.717, 1.165) is 9.94 Å². The predicted octanol–water partition coefficient (Wildman–Crippen LogP) is 5.64. The molecule has 4 aromatic rings. The number of benzene rings is 3. The van der Waals surface area contributed by atoms with Gasteiger partial charge in [0.25, 0.3) is 0 Å². The van der Waals surface area contributed by atoms with Crippen molar-refractivity contribution >= 4 is 51.0 Å². The van der Waals surface area contributed by atoms with Gasteiger partial charge in [0.1, 0.15) is 7.85 Å². The topological polar surface area (TPSA) is 4.93 Å². The van der Waals surface area contributed by atoms with Crippen molar-refractivity contribution < 1.29 is 0 Å². The molecule has 1 aromatic heterocycles. The number of fused-ring (bicyclic) bond motifs is 3. The van der Waals surface area contributed by atoms with Crippen LogP contribution in [0.3, 0.4) is 0 Å². The number of nitrogens with zero attached hydrogens (tertiary/aromatic N) is 1. The summed E-state index contributed by atoms with van der Waals surface area (Å²) in [6.45, 7) is 6.72. The third kappa shape index (κ3) is 2.81. The molecule has 0 bridgehead atoms. The maximum atomic E-state index is 6.05. The van der Waals surface area contributed by atoms with Gasteiger partial charge in [0.15, 0.2) is 0 Å². The van der Waals surface area contributed by atoms with Gasteiger partial charge >= 0.3 is 0 Å². The summed E-state index contributed by atoms with van der Waals surface area (Å²) in [6, 6.07) is 21.4. The first-order valence-corrected chi connectivity index (χ1v) is 9.24. The lowest BCUT2D eigenvalue weighted by Crippen LogP contribution is -2.10. The van der Waals surface area contributed by atoms with E-state index in [1.165, 1.54) is 33.1 Å². The summed E-state index contributed by atoms with van der Waals surface area (Å²) in [4.78, 5) is 0. The number of hydrogen-bond acceptors (Lipinski definition) is 0. The minimum atomic E-state index is 0.151. The van der Waals surface area contributed by atoms with Gasteiger partial charge in [0.05, 0.1) is 11.0 Å². The third-order valence-corrected chi connectivity index (χ3v) is 5.24. The molecule has 4 rings (SSSR count). The molecule has 0 saturated carbocycles. The fourth-order valence-electron chi connectivity index (χ4n) is 3.40. The van der Waals surface area contributed by atoms with Crippen LogP contribution >= 0.6 is 15.9 Å². The predicted molar refractivity (Wildman–Crippen MR) is 113 cm³/mol. The molecular weight excluding hydrogens is 369 g/mol.